The summed E-state index contributed by atoms with van der Waals surface area (Å²) in [6.07, 6.45) is -0.829. The van der Waals surface area contributed by atoms with E-state index in [-0.39, 0.29) is 56.4 Å². The lowest BCUT2D eigenvalue weighted by molar-refractivity contribution is -0.145. The lowest BCUT2D eigenvalue weighted by Gasteiger charge is -2.23. The smallest absolute Gasteiger partial charge is 0.408 e. The summed E-state index contributed by atoms with van der Waals surface area (Å²) in [5.41, 5.74) is 11.5. The van der Waals surface area contributed by atoms with E-state index >= 15 is 0 Å². The zero-order chi connectivity index (χ0) is 37.6. The van der Waals surface area contributed by atoms with Gasteiger partial charge in [0.15, 0.2) is 5.96 Å². The molecule has 2 unspecified atom stereocenters. The Kier molecular flexibility index (Phi) is 16.6. The number of guanidine groups is 1. The van der Waals surface area contributed by atoms with Crippen LogP contribution in [-0.4, -0.2) is 66.5 Å². The van der Waals surface area contributed by atoms with Crippen molar-refractivity contribution < 1.29 is 37.9 Å². The van der Waals surface area contributed by atoms with Gasteiger partial charge in [-0.1, -0.05) is 30.3 Å². The summed E-state index contributed by atoms with van der Waals surface area (Å²) in [7, 11) is 0. The Balaban J connectivity index is 0.00000936. The third-order valence-corrected chi connectivity index (χ3v) is 7.13. The quantitative estimate of drug-likeness (QED) is 0.0409. The van der Waals surface area contributed by atoms with Gasteiger partial charge in [-0.3, -0.25) is 24.2 Å². The van der Waals surface area contributed by atoms with Crippen molar-refractivity contribution in [1.29, 1.82) is 0 Å². The fourth-order valence-corrected chi connectivity index (χ4v) is 4.73. The van der Waals surface area contributed by atoms with Crippen molar-refractivity contribution in [3.8, 4) is 0 Å². The number of esters is 1. The molecule has 3 rings (SSSR count). The Morgan fingerprint density at radius 1 is 0.923 bits per heavy atom. The molecule has 0 fully saturated rings. The molecular formula is C35H46ClN7O9. The number of aliphatic imine (C=N–C) groups is 1. The van der Waals surface area contributed by atoms with Crippen LogP contribution < -0.4 is 38.4 Å². The first-order chi connectivity index (χ1) is 24.1. The predicted molar refractivity (Wildman–Crippen MR) is 197 cm³/mol. The minimum absolute atomic E-state index is 0. The van der Waals surface area contributed by atoms with Crippen LogP contribution in [0.25, 0.3) is 11.0 Å². The number of hydrogen-bond acceptors (Lipinski definition) is 10. The molecule has 0 aliphatic rings. The molecule has 0 bridgehead atoms. The molecule has 4 amide bonds. The number of carbonyl (C=O) groups excluding carboxylic acids is 5. The number of hydrogen-bond donors (Lipinski definition) is 6. The van der Waals surface area contributed by atoms with Crippen LogP contribution in [0.4, 0.5) is 10.5 Å². The number of rotatable bonds is 16. The topological polar surface area (TPSA) is 247 Å². The number of nitrogens with zero attached hydrogens (tertiary/aromatic N) is 1. The summed E-state index contributed by atoms with van der Waals surface area (Å²) in [5, 5.41) is 10.9. The van der Waals surface area contributed by atoms with E-state index in [4.69, 9.17) is 25.4 Å². The predicted octanol–water partition coefficient (Wildman–Crippen LogP) is 2.53. The second-order valence-corrected chi connectivity index (χ2v) is 12.6. The Morgan fingerprint density at radius 3 is 2.29 bits per heavy atom. The minimum Gasteiger partial charge on any atom is -0.461 e. The van der Waals surface area contributed by atoms with E-state index in [9.17, 15) is 28.8 Å². The number of amides is 4. The molecule has 16 nitrogen and oxygen atoms in total. The molecule has 2 aromatic carbocycles. The zero-order valence-electron chi connectivity index (χ0n) is 29.5. The van der Waals surface area contributed by atoms with Crippen molar-refractivity contribution in [2.24, 2.45) is 16.5 Å². The molecule has 8 N–H and O–H groups in total. The van der Waals surface area contributed by atoms with Gasteiger partial charge in [0.05, 0.1) is 6.54 Å². The van der Waals surface area contributed by atoms with Crippen LogP contribution in [0.15, 0.2) is 68.8 Å². The van der Waals surface area contributed by atoms with Gasteiger partial charge < -0.3 is 46.6 Å². The first kappa shape index (κ1) is 42.5. The van der Waals surface area contributed by atoms with E-state index in [1.54, 1.807) is 64.1 Å². The van der Waals surface area contributed by atoms with Gasteiger partial charge in [0.1, 0.15) is 29.9 Å². The molecule has 3 aromatic rings. The van der Waals surface area contributed by atoms with Crippen LogP contribution in [0, 0.1) is 6.92 Å². The van der Waals surface area contributed by atoms with E-state index in [2.05, 4.69) is 26.3 Å². The van der Waals surface area contributed by atoms with Crippen LogP contribution in [0.5, 0.6) is 0 Å². The second-order valence-electron chi connectivity index (χ2n) is 12.6. The molecule has 0 aliphatic carbocycles. The van der Waals surface area contributed by atoms with Gasteiger partial charge in [0, 0.05) is 36.2 Å². The largest absolute Gasteiger partial charge is 0.461 e. The maximum absolute atomic E-state index is 13.3. The third kappa shape index (κ3) is 15.1. The fraction of sp³-hybridized carbons (Fsp3) is 0.400. The standard InChI is InChI=1S/C35H45N7O9.ClH/c1-21-17-30(45)50-27-18-23(12-13-24(21)27)40-32(47)25(11-8-16-38-33(36)37)41-28(43)19-39-31(46)26(42-34(48)51-35(2,3)4)14-15-29(44)49-20-22-9-6-5-7-10-22;/h5-7,9-10,12-13,17-18,25-26H,8,11,14-16,19-20H2,1-4H3,(H,39,46)(H,40,47)(H,41,43)(H,42,48)(H4,36,37,38);1H. The number of benzene rings is 2. The molecule has 1 heterocycles. The first-order valence-corrected chi connectivity index (χ1v) is 16.3. The van der Waals surface area contributed by atoms with Crippen LogP contribution >= 0.6 is 12.4 Å². The average molecular weight is 744 g/mol. The Bertz CT molecular complexity index is 1790. The maximum atomic E-state index is 13.3. The van der Waals surface area contributed by atoms with Gasteiger partial charge in [-0.05, 0) is 70.2 Å². The Hall–Kier alpha value is -5.64. The molecule has 282 valence electrons. The van der Waals surface area contributed by atoms with Crippen molar-refractivity contribution in [3.63, 3.8) is 0 Å². The number of nitrogens with two attached hydrogens (primary N) is 2. The van der Waals surface area contributed by atoms with Gasteiger partial charge in [-0.25, -0.2) is 9.59 Å². The van der Waals surface area contributed by atoms with Gasteiger partial charge in [-0.15, -0.1) is 12.4 Å². The monoisotopic (exact) mass is 743 g/mol. The molecule has 0 radical (unpaired) electrons. The number of ether oxygens (including phenoxy) is 2. The number of aryl methyl sites for hydroxylation is 1. The molecule has 0 spiro atoms. The second kappa shape index (κ2) is 20.3. The molecule has 0 saturated carbocycles. The van der Waals surface area contributed by atoms with Crippen molar-refractivity contribution >= 4 is 64.8 Å². The number of halogens is 1. The normalized spacial score (nSPS) is 11.9. The number of anilines is 1. The number of alkyl carbamates (subject to hydrolysis) is 1. The molecule has 17 heteroatoms. The highest BCUT2D eigenvalue weighted by Crippen LogP contribution is 2.21. The van der Waals surface area contributed by atoms with Crippen molar-refractivity contribution in [2.45, 2.75) is 77.7 Å². The summed E-state index contributed by atoms with van der Waals surface area (Å²) in [6, 6.07) is 12.9. The molecule has 2 atom stereocenters. The van der Waals surface area contributed by atoms with E-state index in [0.717, 1.165) is 5.56 Å². The summed E-state index contributed by atoms with van der Waals surface area (Å²) in [4.78, 5) is 80.2. The molecular weight excluding hydrogens is 698 g/mol. The number of nitrogens with one attached hydrogen (secondary N) is 4. The average Bonchev–Trinajstić information content (AvgIpc) is 3.05. The SMILES string of the molecule is Cc1cc(=O)oc2cc(NC(=O)C(CCCN=C(N)N)NC(=O)CNC(=O)C(CCC(=O)OCc3ccccc3)NC(=O)OC(C)(C)C)ccc12.Cl. The molecule has 52 heavy (non-hydrogen) atoms. The van der Waals surface area contributed by atoms with Crippen LogP contribution in [0.3, 0.4) is 0 Å². The highest BCUT2D eigenvalue weighted by atomic mass is 35.5. The summed E-state index contributed by atoms with van der Waals surface area (Å²) in [6.45, 7) is 6.36. The van der Waals surface area contributed by atoms with E-state index in [1.807, 2.05) is 6.07 Å². The molecule has 1 aromatic heterocycles. The number of carbonyl (C=O) groups is 5. The van der Waals surface area contributed by atoms with E-state index < -0.39 is 59.6 Å². The van der Waals surface area contributed by atoms with Crippen molar-refractivity contribution in [2.75, 3.05) is 18.4 Å². The lowest BCUT2D eigenvalue weighted by atomic mass is 10.1. The van der Waals surface area contributed by atoms with Crippen molar-refractivity contribution in [1.82, 2.24) is 16.0 Å². The summed E-state index contributed by atoms with van der Waals surface area (Å²) in [5.74, 6) is -2.81. The Morgan fingerprint density at radius 2 is 1.62 bits per heavy atom. The first-order valence-electron chi connectivity index (χ1n) is 16.3. The van der Waals surface area contributed by atoms with E-state index in [1.165, 1.54) is 12.1 Å². The molecule has 0 aliphatic heterocycles. The highest BCUT2D eigenvalue weighted by molar-refractivity contribution is 5.99. The van der Waals surface area contributed by atoms with Crippen LogP contribution in [0.2, 0.25) is 0 Å². The number of fused-ring (bicyclic) bond motifs is 1. The zero-order valence-corrected chi connectivity index (χ0v) is 30.3. The van der Waals surface area contributed by atoms with Gasteiger partial charge in [0.2, 0.25) is 17.7 Å². The third-order valence-electron chi connectivity index (χ3n) is 7.13. The lowest BCUT2D eigenvalue weighted by Crippen LogP contribution is -2.52. The Labute approximate surface area is 306 Å². The van der Waals surface area contributed by atoms with Crippen molar-refractivity contribution in [3.05, 3.63) is 76.1 Å². The van der Waals surface area contributed by atoms with Crippen LogP contribution in [0.1, 0.15) is 57.6 Å². The maximum Gasteiger partial charge on any atom is 0.408 e. The fourth-order valence-electron chi connectivity index (χ4n) is 4.73. The highest BCUT2D eigenvalue weighted by Gasteiger charge is 2.27. The minimum atomic E-state index is -1.26. The van der Waals surface area contributed by atoms with Gasteiger partial charge in [-0.2, -0.15) is 0 Å². The summed E-state index contributed by atoms with van der Waals surface area (Å²) >= 11 is 0. The molecule has 0 saturated heterocycles. The van der Waals surface area contributed by atoms with Gasteiger partial charge >= 0.3 is 17.7 Å². The van der Waals surface area contributed by atoms with Gasteiger partial charge in [0.25, 0.3) is 0 Å². The van der Waals surface area contributed by atoms with Crippen LogP contribution in [-0.2, 0) is 35.3 Å². The van der Waals surface area contributed by atoms with E-state index in [0.29, 0.717) is 23.1 Å². The summed E-state index contributed by atoms with van der Waals surface area (Å²) < 4.78 is 15.8.